The molecule has 0 unspecified atom stereocenters. The van der Waals surface area contributed by atoms with E-state index in [2.05, 4.69) is 53.6 Å². The van der Waals surface area contributed by atoms with E-state index in [1.54, 1.807) is 0 Å². The summed E-state index contributed by atoms with van der Waals surface area (Å²) < 4.78 is 0. The molecule has 0 fully saturated rings. The van der Waals surface area contributed by atoms with E-state index >= 15 is 0 Å². The highest BCUT2D eigenvalue weighted by atomic mass is 15.1. The summed E-state index contributed by atoms with van der Waals surface area (Å²) in [4.78, 5) is 0. The van der Waals surface area contributed by atoms with Crippen LogP contribution in [0.3, 0.4) is 0 Å². The van der Waals surface area contributed by atoms with Gasteiger partial charge in [-0.2, -0.15) is 5.10 Å². The second-order valence-corrected chi connectivity index (χ2v) is 4.10. The molecule has 2 rings (SSSR count). The van der Waals surface area contributed by atoms with E-state index in [1.165, 1.54) is 16.7 Å². The molecule has 0 radical (unpaired) electrons. The Hall–Kier alpha value is -1.61. The van der Waals surface area contributed by atoms with Crippen LogP contribution in [0.25, 0.3) is 11.3 Å². The van der Waals surface area contributed by atoms with Crippen molar-refractivity contribution in [3.05, 3.63) is 41.6 Å². The molecule has 0 saturated heterocycles. The molecule has 0 bridgehead atoms. The molecule has 0 aliphatic heterocycles. The van der Waals surface area contributed by atoms with Crippen molar-refractivity contribution in [1.82, 2.24) is 15.5 Å². The molecule has 0 aliphatic rings. The zero-order valence-electron chi connectivity index (χ0n) is 10.5. The van der Waals surface area contributed by atoms with Crippen LogP contribution in [0, 0.1) is 0 Å². The standard InChI is InChI=1S/C14H19N3/c1-3-11-5-7-12(8-6-11)14-13(9-15-4-2)10-16-17-14/h5-8,10,15H,3-4,9H2,1-2H3,(H,16,17). The second kappa shape index (κ2) is 5.64. The van der Waals surface area contributed by atoms with Gasteiger partial charge < -0.3 is 5.32 Å². The third-order valence-corrected chi connectivity index (χ3v) is 2.93. The topological polar surface area (TPSA) is 40.7 Å². The number of nitrogens with zero attached hydrogens (tertiary/aromatic N) is 1. The van der Waals surface area contributed by atoms with E-state index in [-0.39, 0.29) is 0 Å². The average Bonchev–Trinajstić information content (AvgIpc) is 2.84. The molecule has 1 aromatic heterocycles. The molecule has 0 atom stereocenters. The van der Waals surface area contributed by atoms with Gasteiger partial charge in [-0.3, -0.25) is 5.10 Å². The number of rotatable bonds is 5. The number of hydrogen-bond acceptors (Lipinski definition) is 2. The minimum Gasteiger partial charge on any atom is -0.313 e. The highest BCUT2D eigenvalue weighted by Crippen LogP contribution is 2.21. The predicted octanol–water partition coefficient (Wildman–Crippen LogP) is 2.75. The quantitative estimate of drug-likeness (QED) is 0.827. The van der Waals surface area contributed by atoms with Gasteiger partial charge >= 0.3 is 0 Å². The average molecular weight is 229 g/mol. The number of aromatic nitrogens is 2. The van der Waals surface area contributed by atoms with Crippen molar-refractivity contribution in [1.29, 1.82) is 0 Å². The van der Waals surface area contributed by atoms with Gasteiger partial charge in [-0.25, -0.2) is 0 Å². The summed E-state index contributed by atoms with van der Waals surface area (Å²) in [5, 5.41) is 10.5. The SMILES string of the molecule is CCNCc1cn[nH]c1-c1ccc(CC)cc1. The largest absolute Gasteiger partial charge is 0.313 e. The molecule has 2 N–H and O–H groups in total. The molecule has 3 nitrogen and oxygen atoms in total. The Balaban J connectivity index is 2.23. The number of benzene rings is 1. The number of aryl methyl sites for hydroxylation is 1. The van der Waals surface area contributed by atoms with Crippen LogP contribution in [0.2, 0.25) is 0 Å². The van der Waals surface area contributed by atoms with Crippen LogP contribution in [0.1, 0.15) is 25.0 Å². The lowest BCUT2D eigenvalue weighted by molar-refractivity contribution is 0.728. The summed E-state index contributed by atoms with van der Waals surface area (Å²) in [5.74, 6) is 0. The van der Waals surface area contributed by atoms with Gasteiger partial charge in [0, 0.05) is 12.1 Å². The molecule has 2 aromatic rings. The first kappa shape index (κ1) is 11.9. The summed E-state index contributed by atoms with van der Waals surface area (Å²) in [6, 6.07) is 8.66. The summed E-state index contributed by atoms with van der Waals surface area (Å²) in [6.07, 6.45) is 2.97. The van der Waals surface area contributed by atoms with Gasteiger partial charge in [0.1, 0.15) is 0 Å². The minimum atomic E-state index is 0.859. The van der Waals surface area contributed by atoms with Crippen molar-refractivity contribution in [3.8, 4) is 11.3 Å². The number of H-pyrrole nitrogens is 1. The first-order chi connectivity index (χ1) is 8.35. The van der Waals surface area contributed by atoms with Crippen molar-refractivity contribution in [2.75, 3.05) is 6.54 Å². The molecule has 0 spiro atoms. The fraction of sp³-hybridized carbons (Fsp3) is 0.357. The van der Waals surface area contributed by atoms with Crippen molar-refractivity contribution >= 4 is 0 Å². The molecular formula is C14H19N3. The van der Waals surface area contributed by atoms with Crippen LogP contribution >= 0.6 is 0 Å². The van der Waals surface area contributed by atoms with Crippen molar-refractivity contribution < 1.29 is 0 Å². The van der Waals surface area contributed by atoms with Crippen molar-refractivity contribution in [3.63, 3.8) is 0 Å². The summed E-state index contributed by atoms with van der Waals surface area (Å²) >= 11 is 0. The zero-order chi connectivity index (χ0) is 12.1. The van der Waals surface area contributed by atoms with Crippen LogP contribution in [0.15, 0.2) is 30.5 Å². The van der Waals surface area contributed by atoms with E-state index in [0.717, 1.165) is 25.2 Å². The minimum absolute atomic E-state index is 0.859. The highest BCUT2D eigenvalue weighted by molar-refractivity contribution is 5.62. The second-order valence-electron chi connectivity index (χ2n) is 4.10. The van der Waals surface area contributed by atoms with Gasteiger partial charge in [0.15, 0.2) is 0 Å². The number of nitrogens with one attached hydrogen (secondary N) is 2. The highest BCUT2D eigenvalue weighted by Gasteiger charge is 2.06. The molecule has 1 aromatic carbocycles. The van der Waals surface area contributed by atoms with E-state index in [0.29, 0.717) is 0 Å². The first-order valence-corrected chi connectivity index (χ1v) is 6.17. The van der Waals surface area contributed by atoms with Crippen LogP contribution in [-0.2, 0) is 13.0 Å². The van der Waals surface area contributed by atoms with E-state index in [1.807, 2.05) is 6.20 Å². The maximum Gasteiger partial charge on any atom is 0.0695 e. The number of hydrogen-bond donors (Lipinski definition) is 2. The fourth-order valence-corrected chi connectivity index (χ4v) is 1.86. The van der Waals surface area contributed by atoms with Crippen LogP contribution in [-0.4, -0.2) is 16.7 Å². The van der Waals surface area contributed by atoms with Gasteiger partial charge in [-0.05, 0) is 24.1 Å². The van der Waals surface area contributed by atoms with Crippen LogP contribution < -0.4 is 5.32 Å². The zero-order valence-corrected chi connectivity index (χ0v) is 10.5. The predicted molar refractivity (Wildman–Crippen MR) is 70.8 cm³/mol. The fourth-order valence-electron chi connectivity index (χ4n) is 1.86. The summed E-state index contributed by atoms with van der Waals surface area (Å²) in [5.41, 5.74) is 4.90. The van der Waals surface area contributed by atoms with E-state index in [4.69, 9.17) is 0 Å². The molecule has 90 valence electrons. The maximum atomic E-state index is 4.13. The van der Waals surface area contributed by atoms with E-state index < -0.39 is 0 Å². The summed E-state index contributed by atoms with van der Waals surface area (Å²) in [6.45, 7) is 6.11. The lowest BCUT2D eigenvalue weighted by Crippen LogP contribution is -2.11. The first-order valence-electron chi connectivity index (χ1n) is 6.17. The Labute approximate surface area is 102 Å². The molecule has 0 amide bonds. The molecule has 3 heteroatoms. The third kappa shape index (κ3) is 2.74. The lowest BCUT2D eigenvalue weighted by atomic mass is 10.1. The normalized spacial score (nSPS) is 10.7. The van der Waals surface area contributed by atoms with Crippen molar-refractivity contribution in [2.24, 2.45) is 0 Å². The number of aromatic amines is 1. The van der Waals surface area contributed by atoms with Crippen LogP contribution in [0.5, 0.6) is 0 Å². The van der Waals surface area contributed by atoms with Gasteiger partial charge in [-0.1, -0.05) is 38.1 Å². The van der Waals surface area contributed by atoms with Gasteiger partial charge in [0.25, 0.3) is 0 Å². The molecular weight excluding hydrogens is 210 g/mol. The molecule has 1 heterocycles. The Morgan fingerprint density at radius 2 is 1.94 bits per heavy atom. The maximum absolute atomic E-state index is 4.13. The Bertz CT molecular complexity index is 457. The Morgan fingerprint density at radius 1 is 1.18 bits per heavy atom. The smallest absolute Gasteiger partial charge is 0.0695 e. The monoisotopic (exact) mass is 229 g/mol. The lowest BCUT2D eigenvalue weighted by Gasteiger charge is -2.04. The molecule has 17 heavy (non-hydrogen) atoms. The third-order valence-electron chi connectivity index (χ3n) is 2.93. The van der Waals surface area contributed by atoms with Crippen molar-refractivity contribution in [2.45, 2.75) is 26.8 Å². The summed E-state index contributed by atoms with van der Waals surface area (Å²) in [7, 11) is 0. The molecule has 0 aliphatic carbocycles. The molecule has 0 saturated carbocycles. The van der Waals surface area contributed by atoms with Gasteiger partial charge in [0.2, 0.25) is 0 Å². The Kier molecular flexibility index (Phi) is 3.94. The van der Waals surface area contributed by atoms with Gasteiger partial charge in [0.05, 0.1) is 11.9 Å². The Morgan fingerprint density at radius 3 is 2.59 bits per heavy atom. The van der Waals surface area contributed by atoms with Crippen LogP contribution in [0.4, 0.5) is 0 Å². The van der Waals surface area contributed by atoms with E-state index in [9.17, 15) is 0 Å². The van der Waals surface area contributed by atoms with Gasteiger partial charge in [-0.15, -0.1) is 0 Å².